The van der Waals surface area contributed by atoms with Crippen LogP contribution in [-0.2, 0) is 4.79 Å². The van der Waals surface area contributed by atoms with Crippen LogP contribution in [0.3, 0.4) is 0 Å². The fraction of sp³-hybridized carbons (Fsp3) is 0.167. The van der Waals surface area contributed by atoms with Crippen molar-refractivity contribution in [3.05, 3.63) is 28.8 Å². The number of carboxylic acids is 1. The zero-order valence-electron chi connectivity index (χ0n) is 9.53. The molecular formula is C12H8N2O3S2. The Hall–Kier alpha value is -2.04. The zero-order chi connectivity index (χ0) is 14.0. The maximum atomic E-state index is 10.8. The molecule has 2 aromatic rings. The van der Waals surface area contributed by atoms with Gasteiger partial charge in [-0.15, -0.1) is 11.3 Å². The quantitative estimate of drug-likeness (QED) is 0.841. The van der Waals surface area contributed by atoms with Gasteiger partial charge in [-0.2, -0.15) is 5.26 Å². The van der Waals surface area contributed by atoms with Crippen molar-refractivity contribution < 1.29 is 15.0 Å². The van der Waals surface area contributed by atoms with Gasteiger partial charge in [-0.25, -0.2) is 4.98 Å². The number of thiocarbonyl (C=S) groups is 1. The average Bonchev–Trinajstić information content (AvgIpc) is 2.77. The minimum Gasteiger partial charge on any atom is -0.501 e. The molecule has 0 aliphatic rings. The molecule has 0 amide bonds. The van der Waals surface area contributed by atoms with E-state index in [2.05, 4.69) is 17.2 Å². The van der Waals surface area contributed by atoms with Crippen molar-refractivity contribution in [2.75, 3.05) is 0 Å². The molecule has 0 saturated heterocycles. The van der Waals surface area contributed by atoms with Gasteiger partial charge in [0.2, 0.25) is 0 Å². The Bertz CT molecular complexity index is 703. The van der Waals surface area contributed by atoms with Gasteiger partial charge in [0, 0.05) is 0 Å². The molecule has 96 valence electrons. The highest BCUT2D eigenvalue weighted by Gasteiger charge is 2.23. The highest BCUT2D eigenvalue weighted by molar-refractivity contribution is 7.80. The number of aromatic nitrogens is 1. The molecule has 5 nitrogen and oxygen atoms in total. The van der Waals surface area contributed by atoms with Gasteiger partial charge in [-0.3, -0.25) is 4.79 Å². The van der Waals surface area contributed by atoms with Gasteiger partial charge in [-0.05, 0) is 30.4 Å². The van der Waals surface area contributed by atoms with E-state index in [1.807, 2.05) is 6.07 Å². The smallest absolute Gasteiger partial charge is 0.304 e. The van der Waals surface area contributed by atoms with Crippen molar-refractivity contribution in [3.63, 3.8) is 0 Å². The Morgan fingerprint density at radius 1 is 1.53 bits per heavy atom. The molecule has 0 saturated carbocycles. The van der Waals surface area contributed by atoms with Gasteiger partial charge in [-0.1, -0.05) is 0 Å². The van der Waals surface area contributed by atoms with Crippen molar-refractivity contribution >= 4 is 44.8 Å². The van der Waals surface area contributed by atoms with E-state index in [1.54, 1.807) is 18.2 Å². The van der Waals surface area contributed by atoms with Gasteiger partial charge in [0.15, 0.2) is 5.05 Å². The minimum absolute atomic E-state index is 0.305. The first-order valence-corrected chi connectivity index (χ1v) is 6.49. The summed E-state index contributed by atoms with van der Waals surface area (Å²) in [5.74, 6) is -1.85. The minimum atomic E-state index is -1.06. The Morgan fingerprint density at radius 2 is 2.26 bits per heavy atom. The maximum absolute atomic E-state index is 10.8. The van der Waals surface area contributed by atoms with Crippen molar-refractivity contribution in [3.8, 4) is 6.07 Å². The van der Waals surface area contributed by atoms with Crippen LogP contribution in [0.1, 0.15) is 22.9 Å². The van der Waals surface area contributed by atoms with Crippen molar-refractivity contribution in [2.24, 2.45) is 0 Å². The topological polar surface area (TPSA) is 94.2 Å². The number of aliphatic hydroxyl groups is 1. The highest BCUT2D eigenvalue weighted by atomic mass is 32.1. The molecule has 0 fully saturated rings. The third kappa shape index (κ3) is 2.86. The lowest BCUT2D eigenvalue weighted by atomic mass is 10.1. The summed E-state index contributed by atoms with van der Waals surface area (Å²) in [7, 11) is 0. The van der Waals surface area contributed by atoms with Crippen LogP contribution in [0.2, 0.25) is 0 Å². The first-order valence-electron chi connectivity index (χ1n) is 5.26. The zero-order valence-corrected chi connectivity index (χ0v) is 11.2. The molecule has 2 rings (SSSR count). The molecule has 1 aromatic carbocycles. The molecule has 0 bridgehead atoms. The van der Waals surface area contributed by atoms with Crippen LogP contribution in [0.5, 0.6) is 0 Å². The van der Waals surface area contributed by atoms with Crippen LogP contribution in [-0.4, -0.2) is 26.2 Å². The molecule has 1 aromatic heterocycles. The number of nitriles is 1. The second-order valence-electron chi connectivity index (χ2n) is 3.84. The van der Waals surface area contributed by atoms with Crippen LogP contribution >= 0.6 is 23.6 Å². The van der Waals surface area contributed by atoms with Gasteiger partial charge in [0.1, 0.15) is 5.01 Å². The predicted molar refractivity (Wildman–Crippen MR) is 74.6 cm³/mol. The molecule has 1 atom stereocenters. The lowest BCUT2D eigenvalue weighted by Gasteiger charge is -2.07. The standard InChI is InChI=1S/C12H8N2O3S2/c13-5-6-1-2-9-8(3-6)14-11(19-9)7(12(17)18)4-10(15)16/h1-3,7H,4H2,(H,15,16)(H,17,18). The first-order chi connectivity index (χ1) is 9.01. The van der Waals surface area contributed by atoms with Crippen molar-refractivity contribution in [1.82, 2.24) is 4.98 Å². The van der Waals surface area contributed by atoms with Gasteiger partial charge in [0.05, 0.1) is 34.2 Å². The number of carboxylic acid groups (broad SMARTS) is 1. The number of benzene rings is 1. The summed E-state index contributed by atoms with van der Waals surface area (Å²) >= 11 is 5.94. The lowest BCUT2D eigenvalue weighted by Crippen LogP contribution is -2.14. The van der Waals surface area contributed by atoms with Crippen LogP contribution in [0, 0.1) is 11.3 Å². The molecule has 0 aliphatic heterocycles. The van der Waals surface area contributed by atoms with Gasteiger partial charge >= 0.3 is 5.97 Å². The maximum Gasteiger partial charge on any atom is 0.304 e. The Balaban J connectivity index is 2.46. The summed E-state index contributed by atoms with van der Waals surface area (Å²) in [5.41, 5.74) is 1.08. The SMILES string of the molecule is N#Cc1ccc2sc(C(CC(=O)O)C(O)=S)nc2c1. The third-order valence-corrected chi connectivity index (χ3v) is 3.94. The number of aliphatic carboxylic acids is 1. The van der Waals surface area contributed by atoms with E-state index in [0.29, 0.717) is 16.1 Å². The van der Waals surface area contributed by atoms with Gasteiger partial charge < -0.3 is 10.2 Å². The van der Waals surface area contributed by atoms with Gasteiger partial charge in [0.25, 0.3) is 0 Å². The highest BCUT2D eigenvalue weighted by Crippen LogP contribution is 2.30. The summed E-state index contributed by atoms with van der Waals surface area (Å²) in [5, 5.41) is 27.1. The number of carbonyl (C=O) groups is 1. The molecule has 1 heterocycles. The number of hydrogen-bond donors (Lipinski definition) is 2. The van der Waals surface area contributed by atoms with E-state index in [1.165, 1.54) is 11.3 Å². The predicted octanol–water partition coefficient (Wildman–Crippen LogP) is 2.61. The number of aliphatic hydroxyl groups excluding tert-OH is 1. The van der Waals surface area contributed by atoms with Crippen LogP contribution in [0.25, 0.3) is 10.2 Å². The third-order valence-electron chi connectivity index (χ3n) is 2.51. The summed E-state index contributed by atoms with van der Waals surface area (Å²) in [6.45, 7) is 0. The number of nitrogens with zero attached hydrogens (tertiary/aromatic N) is 2. The van der Waals surface area contributed by atoms with Crippen molar-refractivity contribution in [1.29, 1.82) is 5.26 Å². The Morgan fingerprint density at radius 3 is 2.84 bits per heavy atom. The second kappa shape index (κ2) is 5.30. The second-order valence-corrected chi connectivity index (χ2v) is 5.32. The number of fused-ring (bicyclic) bond motifs is 1. The Kier molecular flexibility index (Phi) is 3.74. The van der Waals surface area contributed by atoms with Crippen molar-refractivity contribution in [2.45, 2.75) is 12.3 Å². The fourth-order valence-corrected chi connectivity index (χ4v) is 2.94. The van der Waals surface area contributed by atoms with Crippen LogP contribution in [0.15, 0.2) is 18.2 Å². The summed E-state index contributed by atoms with van der Waals surface area (Å²) in [4.78, 5) is 15.0. The molecule has 19 heavy (non-hydrogen) atoms. The number of rotatable bonds is 4. The summed E-state index contributed by atoms with van der Waals surface area (Å²) in [6, 6.07) is 7.03. The summed E-state index contributed by atoms with van der Waals surface area (Å²) in [6.07, 6.45) is -0.305. The first kappa shape index (κ1) is 13.4. The average molecular weight is 292 g/mol. The largest absolute Gasteiger partial charge is 0.501 e. The number of thiazole rings is 1. The Labute approximate surface area is 117 Å². The normalized spacial score (nSPS) is 11.9. The number of hydrogen-bond acceptors (Lipinski definition) is 5. The van der Waals surface area contributed by atoms with E-state index in [9.17, 15) is 9.90 Å². The molecule has 1 unspecified atom stereocenters. The molecule has 7 heteroatoms. The molecule has 0 radical (unpaired) electrons. The van der Waals surface area contributed by atoms with E-state index < -0.39 is 11.9 Å². The molecule has 0 aliphatic carbocycles. The summed E-state index contributed by atoms with van der Waals surface area (Å²) < 4.78 is 0.820. The molecular weight excluding hydrogens is 284 g/mol. The molecule has 0 spiro atoms. The van der Waals surface area contributed by atoms with E-state index >= 15 is 0 Å². The van der Waals surface area contributed by atoms with E-state index in [-0.39, 0.29) is 11.5 Å². The lowest BCUT2D eigenvalue weighted by molar-refractivity contribution is -0.137. The monoisotopic (exact) mass is 292 g/mol. The van der Waals surface area contributed by atoms with E-state index in [0.717, 1.165) is 4.70 Å². The van der Waals surface area contributed by atoms with E-state index in [4.69, 9.17) is 10.4 Å². The fourth-order valence-electron chi connectivity index (χ4n) is 1.62. The molecule has 2 N–H and O–H groups in total. The van der Waals surface area contributed by atoms with Crippen LogP contribution in [0.4, 0.5) is 0 Å². The van der Waals surface area contributed by atoms with Crippen LogP contribution < -0.4 is 0 Å².